The van der Waals surface area contributed by atoms with Crippen molar-refractivity contribution in [3.8, 4) is 28.4 Å². The van der Waals surface area contributed by atoms with Gasteiger partial charge in [-0.3, -0.25) is 4.98 Å². The van der Waals surface area contributed by atoms with Crippen molar-refractivity contribution in [1.82, 2.24) is 9.97 Å². The number of ether oxygens (including phenoxy) is 3. The van der Waals surface area contributed by atoms with Crippen LogP contribution in [0.4, 0.5) is 0 Å². The molecule has 0 radical (unpaired) electrons. The van der Waals surface area contributed by atoms with Crippen LogP contribution in [0.25, 0.3) is 32.9 Å². The summed E-state index contributed by atoms with van der Waals surface area (Å²) in [5, 5.41) is 2.76. The zero-order valence-corrected chi connectivity index (χ0v) is 16.3. The van der Waals surface area contributed by atoms with E-state index in [4.69, 9.17) is 25.8 Å². The number of halogens is 1. The average molecular weight is 383 g/mol. The number of methoxy groups -OCH3 is 3. The molecule has 0 aliphatic rings. The van der Waals surface area contributed by atoms with Crippen molar-refractivity contribution in [2.75, 3.05) is 21.3 Å². The van der Waals surface area contributed by atoms with E-state index in [1.807, 2.05) is 43.5 Å². The number of aryl methyl sites for hydroxylation is 1. The number of benzene rings is 2. The third-order valence-corrected chi connectivity index (χ3v) is 5.00. The van der Waals surface area contributed by atoms with Crippen molar-refractivity contribution in [3.05, 3.63) is 47.2 Å². The Morgan fingerprint density at radius 3 is 2.33 bits per heavy atom. The summed E-state index contributed by atoms with van der Waals surface area (Å²) in [6.07, 6.45) is 1.81. The average Bonchev–Trinajstić information content (AvgIpc) is 3.06. The number of aromatic amines is 1. The Morgan fingerprint density at radius 1 is 0.852 bits per heavy atom. The van der Waals surface area contributed by atoms with E-state index in [9.17, 15) is 0 Å². The first-order valence-electron chi connectivity index (χ1n) is 8.45. The number of hydrogen-bond acceptors (Lipinski definition) is 4. The van der Waals surface area contributed by atoms with Crippen LogP contribution < -0.4 is 14.2 Å². The molecule has 6 heteroatoms. The number of nitrogens with one attached hydrogen (secondary N) is 1. The van der Waals surface area contributed by atoms with Gasteiger partial charge in [-0.25, -0.2) is 0 Å². The largest absolute Gasteiger partial charge is 0.493 e. The predicted molar refractivity (Wildman–Crippen MR) is 108 cm³/mol. The molecular formula is C21H19ClN2O3. The molecule has 0 amide bonds. The summed E-state index contributed by atoms with van der Waals surface area (Å²) in [5.74, 6) is 1.74. The fourth-order valence-electron chi connectivity index (χ4n) is 3.55. The standard InChI is InChI=1S/C21H19ClN2O3/c1-11-18-13(7-8-23-11)15-9-12(22)10-16(19(15)24-18)14-5-6-17(25-2)21(27-4)20(14)26-3/h5-10,24H,1-4H3. The van der Waals surface area contributed by atoms with Gasteiger partial charge >= 0.3 is 0 Å². The molecule has 2 aromatic heterocycles. The second-order valence-corrected chi connectivity index (χ2v) is 6.64. The van der Waals surface area contributed by atoms with E-state index in [0.29, 0.717) is 22.3 Å². The van der Waals surface area contributed by atoms with Crippen molar-refractivity contribution >= 4 is 33.4 Å². The van der Waals surface area contributed by atoms with E-state index >= 15 is 0 Å². The highest BCUT2D eigenvalue weighted by Crippen LogP contribution is 2.47. The van der Waals surface area contributed by atoms with Crippen LogP contribution in [-0.2, 0) is 0 Å². The number of rotatable bonds is 4. The summed E-state index contributed by atoms with van der Waals surface area (Å²) in [5.41, 5.74) is 4.68. The first-order valence-corrected chi connectivity index (χ1v) is 8.82. The third kappa shape index (κ3) is 2.66. The highest BCUT2D eigenvalue weighted by Gasteiger charge is 2.20. The molecule has 2 heterocycles. The lowest BCUT2D eigenvalue weighted by Crippen LogP contribution is -1.97. The van der Waals surface area contributed by atoms with E-state index in [1.165, 1.54) is 0 Å². The molecule has 138 valence electrons. The lowest BCUT2D eigenvalue weighted by Gasteiger charge is -2.16. The Labute approximate surface area is 161 Å². The number of nitrogens with zero attached hydrogens (tertiary/aromatic N) is 1. The number of aromatic nitrogens is 2. The van der Waals surface area contributed by atoms with Crippen LogP contribution in [0.3, 0.4) is 0 Å². The van der Waals surface area contributed by atoms with Gasteiger partial charge in [0.25, 0.3) is 0 Å². The molecule has 4 aromatic rings. The first-order chi connectivity index (χ1) is 13.1. The fraction of sp³-hybridized carbons (Fsp3) is 0.190. The lowest BCUT2D eigenvalue weighted by atomic mass is 10.0. The molecule has 0 aliphatic carbocycles. The quantitative estimate of drug-likeness (QED) is 0.515. The predicted octanol–water partition coefficient (Wildman–Crippen LogP) is 5.37. The van der Waals surface area contributed by atoms with Crippen molar-refractivity contribution in [3.63, 3.8) is 0 Å². The molecule has 0 saturated heterocycles. The van der Waals surface area contributed by atoms with E-state index in [2.05, 4.69) is 9.97 Å². The maximum atomic E-state index is 6.47. The van der Waals surface area contributed by atoms with Crippen LogP contribution >= 0.6 is 11.6 Å². The molecule has 2 aromatic carbocycles. The van der Waals surface area contributed by atoms with Crippen molar-refractivity contribution < 1.29 is 14.2 Å². The van der Waals surface area contributed by atoms with Gasteiger partial charge in [-0.2, -0.15) is 0 Å². The number of hydrogen-bond donors (Lipinski definition) is 1. The summed E-state index contributed by atoms with van der Waals surface area (Å²) in [6, 6.07) is 9.69. The fourth-order valence-corrected chi connectivity index (χ4v) is 3.77. The maximum absolute atomic E-state index is 6.47. The van der Waals surface area contributed by atoms with Crippen LogP contribution in [0.15, 0.2) is 36.5 Å². The zero-order chi connectivity index (χ0) is 19.1. The molecule has 1 N–H and O–H groups in total. The molecule has 0 fully saturated rings. The van der Waals surface area contributed by atoms with Gasteiger partial charge in [0, 0.05) is 33.1 Å². The SMILES string of the molecule is COc1ccc(-c2cc(Cl)cc3c2[nH]c2c(C)nccc23)c(OC)c1OC. The van der Waals surface area contributed by atoms with Crippen molar-refractivity contribution in [2.45, 2.75) is 6.92 Å². The highest BCUT2D eigenvalue weighted by atomic mass is 35.5. The second kappa shape index (κ2) is 6.67. The Hall–Kier alpha value is -2.92. The van der Waals surface area contributed by atoms with Gasteiger partial charge in [0.15, 0.2) is 11.5 Å². The van der Waals surface area contributed by atoms with Gasteiger partial charge in [-0.15, -0.1) is 0 Å². The van der Waals surface area contributed by atoms with E-state index in [1.54, 1.807) is 21.3 Å². The Balaban J connectivity index is 2.11. The monoisotopic (exact) mass is 382 g/mol. The lowest BCUT2D eigenvalue weighted by molar-refractivity contribution is 0.325. The summed E-state index contributed by atoms with van der Waals surface area (Å²) < 4.78 is 16.6. The smallest absolute Gasteiger partial charge is 0.203 e. The van der Waals surface area contributed by atoms with Gasteiger partial charge < -0.3 is 19.2 Å². The first kappa shape index (κ1) is 17.5. The van der Waals surface area contributed by atoms with Crippen LogP contribution in [0.2, 0.25) is 5.02 Å². The molecule has 0 bridgehead atoms. The minimum atomic E-state index is 0.541. The van der Waals surface area contributed by atoms with Gasteiger partial charge in [0.2, 0.25) is 5.75 Å². The molecule has 27 heavy (non-hydrogen) atoms. The molecule has 0 saturated carbocycles. The number of fused-ring (bicyclic) bond motifs is 3. The van der Waals surface area contributed by atoms with Gasteiger partial charge in [0.05, 0.1) is 38.1 Å². The van der Waals surface area contributed by atoms with Crippen LogP contribution in [-0.4, -0.2) is 31.3 Å². The van der Waals surface area contributed by atoms with Gasteiger partial charge in [-0.05, 0) is 37.3 Å². The minimum absolute atomic E-state index is 0.541. The molecule has 0 atom stereocenters. The van der Waals surface area contributed by atoms with Crippen molar-refractivity contribution in [1.29, 1.82) is 0 Å². The number of H-pyrrole nitrogens is 1. The van der Waals surface area contributed by atoms with E-state index in [0.717, 1.165) is 38.6 Å². The summed E-state index contributed by atoms with van der Waals surface area (Å²) in [4.78, 5) is 7.89. The summed E-state index contributed by atoms with van der Waals surface area (Å²) in [7, 11) is 4.81. The van der Waals surface area contributed by atoms with Gasteiger partial charge in [0.1, 0.15) is 0 Å². The van der Waals surface area contributed by atoms with Gasteiger partial charge in [-0.1, -0.05) is 11.6 Å². The molecule has 0 spiro atoms. The topological polar surface area (TPSA) is 56.4 Å². The van der Waals surface area contributed by atoms with Crippen molar-refractivity contribution in [2.24, 2.45) is 0 Å². The van der Waals surface area contributed by atoms with E-state index < -0.39 is 0 Å². The molecule has 0 aliphatic heterocycles. The molecule has 0 unspecified atom stereocenters. The Kier molecular flexibility index (Phi) is 4.32. The third-order valence-electron chi connectivity index (χ3n) is 4.78. The Bertz CT molecular complexity index is 1170. The maximum Gasteiger partial charge on any atom is 0.203 e. The van der Waals surface area contributed by atoms with E-state index in [-0.39, 0.29) is 0 Å². The minimum Gasteiger partial charge on any atom is -0.493 e. The van der Waals surface area contributed by atoms with Crippen LogP contribution in [0.1, 0.15) is 5.69 Å². The highest BCUT2D eigenvalue weighted by molar-refractivity contribution is 6.32. The molecule has 4 rings (SSSR count). The summed E-state index contributed by atoms with van der Waals surface area (Å²) in [6.45, 7) is 1.98. The Morgan fingerprint density at radius 2 is 1.63 bits per heavy atom. The molecule has 5 nitrogen and oxygen atoms in total. The zero-order valence-electron chi connectivity index (χ0n) is 15.5. The number of pyridine rings is 1. The van der Waals surface area contributed by atoms with Crippen LogP contribution in [0, 0.1) is 6.92 Å². The molecular weight excluding hydrogens is 364 g/mol. The normalized spacial score (nSPS) is 11.1. The van der Waals surface area contributed by atoms with Crippen LogP contribution in [0.5, 0.6) is 17.2 Å². The second-order valence-electron chi connectivity index (χ2n) is 6.20. The summed E-state index contributed by atoms with van der Waals surface area (Å²) >= 11 is 6.47.